The van der Waals surface area contributed by atoms with Crippen molar-refractivity contribution in [3.63, 3.8) is 0 Å². The highest BCUT2D eigenvalue weighted by Crippen LogP contribution is 2.21. The molecule has 37 heavy (non-hydrogen) atoms. The summed E-state index contributed by atoms with van der Waals surface area (Å²) in [5.41, 5.74) is 12.9. The van der Waals surface area contributed by atoms with E-state index in [1.807, 2.05) is 0 Å². The maximum Gasteiger partial charge on any atom is 0.0346 e. The number of anilines is 1. The van der Waals surface area contributed by atoms with Crippen LogP contribution in [-0.4, -0.2) is 0 Å². The molecule has 0 fully saturated rings. The fraction of sp³-hybridized carbons (Fsp3) is 0.667. The van der Waals surface area contributed by atoms with Crippen molar-refractivity contribution in [2.75, 3.05) is 5.73 Å². The van der Waals surface area contributed by atoms with Crippen LogP contribution < -0.4 is 5.73 Å². The van der Waals surface area contributed by atoms with Gasteiger partial charge in [-0.25, -0.2) is 0 Å². The van der Waals surface area contributed by atoms with Crippen molar-refractivity contribution in [2.24, 2.45) is 0 Å². The Morgan fingerprint density at radius 1 is 0.432 bits per heavy atom. The van der Waals surface area contributed by atoms with Gasteiger partial charge >= 0.3 is 0 Å². The Balaban J connectivity index is 1.57. The van der Waals surface area contributed by atoms with E-state index in [-0.39, 0.29) is 0 Å². The predicted octanol–water partition coefficient (Wildman–Crippen LogP) is 11.4. The molecule has 1 nitrogen and oxygen atoms in total. The lowest BCUT2D eigenvalue weighted by molar-refractivity contribution is 0.539. The predicted molar refractivity (Wildman–Crippen MR) is 167 cm³/mol. The standard InChI is InChI=1S/C36H59N/c1-3-5-7-9-11-12-13-14-15-16-17-18-20-22-32-24-26-33(27-25-32)30-34-28-29-36(37)35(31-34)23-21-19-10-8-6-4-2/h24-29,31H,3-23,30,37H2,1-2H3. The first-order chi connectivity index (χ1) is 18.2. The van der Waals surface area contributed by atoms with E-state index < -0.39 is 0 Å². The molecule has 0 amide bonds. The summed E-state index contributed by atoms with van der Waals surface area (Å²) in [6, 6.07) is 16.0. The van der Waals surface area contributed by atoms with Crippen molar-refractivity contribution in [2.45, 2.75) is 155 Å². The van der Waals surface area contributed by atoms with Gasteiger partial charge in [0.05, 0.1) is 0 Å². The smallest absolute Gasteiger partial charge is 0.0346 e. The summed E-state index contributed by atoms with van der Waals surface area (Å²) in [5, 5.41) is 0. The Hall–Kier alpha value is -1.76. The highest BCUT2D eigenvalue weighted by molar-refractivity contribution is 5.49. The van der Waals surface area contributed by atoms with Gasteiger partial charge in [0.25, 0.3) is 0 Å². The van der Waals surface area contributed by atoms with Gasteiger partial charge in [-0.15, -0.1) is 0 Å². The lowest BCUT2D eigenvalue weighted by Gasteiger charge is -2.10. The zero-order valence-corrected chi connectivity index (χ0v) is 24.7. The van der Waals surface area contributed by atoms with Crippen LogP contribution in [0.1, 0.15) is 158 Å². The summed E-state index contributed by atoms with van der Waals surface area (Å²) in [4.78, 5) is 0. The normalized spacial score (nSPS) is 11.3. The molecule has 2 aromatic rings. The van der Waals surface area contributed by atoms with Crippen LogP contribution >= 0.6 is 0 Å². The third-order valence-corrected chi connectivity index (χ3v) is 8.01. The van der Waals surface area contributed by atoms with Gasteiger partial charge in [-0.3, -0.25) is 0 Å². The van der Waals surface area contributed by atoms with Crippen LogP contribution in [0.3, 0.4) is 0 Å². The molecule has 2 aromatic carbocycles. The molecule has 208 valence electrons. The molecule has 0 saturated carbocycles. The number of hydrogen-bond donors (Lipinski definition) is 1. The summed E-state index contributed by atoms with van der Waals surface area (Å²) < 4.78 is 0. The third-order valence-electron chi connectivity index (χ3n) is 8.01. The van der Waals surface area contributed by atoms with E-state index in [4.69, 9.17) is 5.73 Å². The van der Waals surface area contributed by atoms with Crippen molar-refractivity contribution in [1.82, 2.24) is 0 Å². The van der Waals surface area contributed by atoms with Gasteiger partial charge in [0, 0.05) is 5.69 Å². The first kappa shape index (κ1) is 31.5. The SMILES string of the molecule is CCCCCCCCCCCCCCCc1ccc(Cc2ccc(N)c(CCCCCCCC)c2)cc1. The topological polar surface area (TPSA) is 26.0 Å². The third kappa shape index (κ3) is 15.3. The minimum atomic E-state index is 0.963. The van der Waals surface area contributed by atoms with E-state index in [1.54, 1.807) is 0 Å². The molecule has 0 bridgehead atoms. The molecule has 0 unspecified atom stereocenters. The Kier molecular flexibility index (Phi) is 18.0. The van der Waals surface area contributed by atoms with Crippen molar-refractivity contribution >= 4 is 5.69 Å². The monoisotopic (exact) mass is 505 g/mol. The van der Waals surface area contributed by atoms with E-state index >= 15 is 0 Å². The largest absolute Gasteiger partial charge is 0.399 e. The molecule has 0 saturated heterocycles. The van der Waals surface area contributed by atoms with Crippen molar-refractivity contribution in [3.8, 4) is 0 Å². The molecule has 0 spiro atoms. The van der Waals surface area contributed by atoms with Gasteiger partial charge in [0.2, 0.25) is 0 Å². The minimum absolute atomic E-state index is 0.963. The van der Waals surface area contributed by atoms with Crippen LogP contribution in [-0.2, 0) is 19.3 Å². The van der Waals surface area contributed by atoms with Crippen LogP contribution in [0.15, 0.2) is 42.5 Å². The quantitative estimate of drug-likeness (QED) is 0.118. The summed E-state index contributed by atoms with van der Waals surface area (Å²) in [6.45, 7) is 4.58. The number of aryl methyl sites for hydroxylation is 2. The maximum absolute atomic E-state index is 6.29. The van der Waals surface area contributed by atoms with Gasteiger partial charge in [-0.2, -0.15) is 0 Å². The second kappa shape index (κ2) is 21.2. The molecule has 0 aromatic heterocycles. The average Bonchev–Trinajstić information content (AvgIpc) is 2.91. The Bertz CT molecular complexity index is 791. The molecule has 2 rings (SSSR count). The van der Waals surface area contributed by atoms with Gasteiger partial charge in [-0.05, 0) is 60.4 Å². The number of nitrogen functional groups attached to an aromatic ring is 1. The second-order valence-electron chi connectivity index (χ2n) is 11.5. The fourth-order valence-electron chi connectivity index (χ4n) is 5.49. The minimum Gasteiger partial charge on any atom is -0.399 e. The number of rotatable bonds is 23. The summed E-state index contributed by atoms with van der Waals surface area (Å²) in [7, 11) is 0. The number of hydrogen-bond acceptors (Lipinski definition) is 1. The zero-order valence-electron chi connectivity index (χ0n) is 24.7. The first-order valence-corrected chi connectivity index (χ1v) is 16.2. The van der Waals surface area contributed by atoms with Crippen molar-refractivity contribution in [1.29, 1.82) is 0 Å². The molecular weight excluding hydrogens is 446 g/mol. The number of benzene rings is 2. The molecule has 0 aliphatic heterocycles. The maximum atomic E-state index is 6.29. The lowest BCUT2D eigenvalue weighted by atomic mass is 9.97. The van der Waals surface area contributed by atoms with Gasteiger partial charge in [0.15, 0.2) is 0 Å². The highest BCUT2D eigenvalue weighted by Gasteiger charge is 2.04. The van der Waals surface area contributed by atoms with E-state index in [0.717, 1.165) is 18.5 Å². The molecule has 0 aliphatic carbocycles. The second-order valence-corrected chi connectivity index (χ2v) is 11.5. The Morgan fingerprint density at radius 2 is 0.838 bits per heavy atom. The van der Waals surface area contributed by atoms with Gasteiger partial charge < -0.3 is 5.73 Å². The van der Waals surface area contributed by atoms with Crippen LogP contribution in [0, 0.1) is 0 Å². The summed E-state index contributed by atoms with van der Waals surface area (Å²) in [6.07, 6.45) is 29.8. The summed E-state index contributed by atoms with van der Waals surface area (Å²) >= 11 is 0. The zero-order chi connectivity index (χ0) is 26.4. The van der Waals surface area contributed by atoms with E-state index in [0.29, 0.717) is 0 Å². The van der Waals surface area contributed by atoms with Crippen LogP contribution in [0.2, 0.25) is 0 Å². The lowest BCUT2D eigenvalue weighted by Crippen LogP contribution is -1.98. The molecule has 0 atom stereocenters. The molecule has 0 aliphatic rings. The molecular formula is C36H59N. The molecule has 2 N–H and O–H groups in total. The van der Waals surface area contributed by atoms with Gasteiger partial charge in [-0.1, -0.05) is 159 Å². The van der Waals surface area contributed by atoms with E-state index in [1.165, 1.54) is 151 Å². The van der Waals surface area contributed by atoms with Crippen molar-refractivity contribution < 1.29 is 0 Å². The molecule has 0 heterocycles. The Labute approximate surface area is 231 Å². The van der Waals surface area contributed by atoms with Crippen LogP contribution in [0.25, 0.3) is 0 Å². The van der Waals surface area contributed by atoms with Crippen LogP contribution in [0.5, 0.6) is 0 Å². The van der Waals surface area contributed by atoms with Crippen LogP contribution in [0.4, 0.5) is 5.69 Å². The molecule has 1 heteroatoms. The number of nitrogens with two attached hydrogens (primary N) is 1. The first-order valence-electron chi connectivity index (χ1n) is 16.2. The average molecular weight is 506 g/mol. The van der Waals surface area contributed by atoms with Crippen molar-refractivity contribution in [3.05, 3.63) is 64.7 Å². The van der Waals surface area contributed by atoms with Gasteiger partial charge in [0.1, 0.15) is 0 Å². The highest BCUT2D eigenvalue weighted by atomic mass is 14.6. The van der Waals surface area contributed by atoms with E-state index in [9.17, 15) is 0 Å². The summed E-state index contributed by atoms with van der Waals surface area (Å²) in [5.74, 6) is 0. The Morgan fingerprint density at radius 3 is 1.35 bits per heavy atom. The fourth-order valence-corrected chi connectivity index (χ4v) is 5.49. The van der Waals surface area contributed by atoms with E-state index in [2.05, 4.69) is 56.3 Å². The number of unbranched alkanes of at least 4 members (excludes halogenated alkanes) is 17. The molecule has 0 radical (unpaired) electrons.